The Balaban J connectivity index is 1.94. The Hall–Kier alpha value is -4.50. The molecule has 1 unspecified atom stereocenters. The minimum Gasteiger partial charge on any atom is -0.507 e. The fourth-order valence-electron chi connectivity index (χ4n) is 4.32. The van der Waals surface area contributed by atoms with Gasteiger partial charge in [-0.15, -0.1) is 0 Å². The van der Waals surface area contributed by atoms with E-state index in [9.17, 15) is 19.5 Å². The number of nitrogens with zero attached hydrogens (tertiary/aromatic N) is 1. The van der Waals surface area contributed by atoms with Crippen LogP contribution in [0.15, 0.2) is 66.2 Å². The minimum absolute atomic E-state index is 0.116. The van der Waals surface area contributed by atoms with Crippen molar-refractivity contribution in [2.45, 2.75) is 13.0 Å². The number of aliphatic hydroxyl groups is 1. The smallest absolute Gasteiger partial charge is 0.300 e. The zero-order chi connectivity index (χ0) is 27.6. The van der Waals surface area contributed by atoms with Crippen LogP contribution < -0.4 is 24.4 Å². The molecule has 1 aliphatic rings. The monoisotopic (exact) mass is 536 g/mol. The summed E-state index contributed by atoms with van der Waals surface area (Å²) >= 11 is 6.32. The lowest BCUT2D eigenvalue weighted by molar-refractivity contribution is -0.132. The zero-order valence-electron chi connectivity index (χ0n) is 21.1. The first kappa shape index (κ1) is 26.6. The number of ketones is 1. The summed E-state index contributed by atoms with van der Waals surface area (Å²) in [5, 5.41) is 14.3. The van der Waals surface area contributed by atoms with Crippen molar-refractivity contribution in [1.82, 2.24) is 0 Å². The van der Waals surface area contributed by atoms with E-state index in [4.69, 9.17) is 25.8 Å². The van der Waals surface area contributed by atoms with E-state index in [0.717, 1.165) is 0 Å². The van der Waals surface area contributed by atoms with Crippen molar-refractivity contribution < 1.29 is 33.7 Å². The Kier molecular flexibility index (Phi) is 7.59. The lowest BCUT2D eigenvalue weighted by atomic mass is 9.94. The van der Waals surface area contributed by atoms with Crippen LogP contribution in [0.3, 0.4) is 0 Å². The first-order chi connectivity index (χ1) is 18.2. The molecule has 2 amide bonds. The summed E-state index contributed by atoms with van der Waals surface area (Å²) in [5.41, 5.74) is 1.38. The Bertz CT molecular complexity index is 1450. The van der Waals surface area contributed by atoms with Gasteiger partial charge in [0.2, 0.25) is 5.91 Å². The van der Waals surface area contributed by atoms with Crippen molar-refractivity contribution in [3.05, 3.63) is 82.4 Å². The Morgan fingerprint density at radius 2 is 1.63 bits per heavy atom. The van der Waals surface area contributed by atoms with Gasteiger partial charge in [0.15, 0.2) is 0 Å². The van der Waals surface area contributed by atoms with Gasteiger partial charge >= 0.3 is 0 Å². The fraction of sp³-hybridized carbons (Fsp3) is 0.179. The van der Waals surface area contributed by atoms with Crippen LogP contribution in [0.25, 0.3) is 5.76 Å². The van der Waals surface area contributed by atoms with Gasteiger partial charge in [-0.25, -0.2) is 0 Å². The minimum atomic E-state index is -1.01. The summed E-state index contributed by atoms with van der Waals surface area (Å²) < 4.78 is 16.0. The number of methoxy groups -OCH3 is 3. The number of benzene rings is 3. The summed E-state index contributed by atoms with van der Waals surface area (Å²) in [6.07, 6.45) is 0. The van der Waals surface area contributed by atoms with Crippen molar-refractivity contribution >= 4 is 46.3 Å². The molecule has 3 aromatic rings. The highest BCUT2D eigenvalue weighted by Crippen LogP contribution is 2.45. The second-order valence-corrected chi connectivity index (χ2v) is 8.77. The van der Waals surface area contributed by atoms with Crippen molar-refractivity contribution in [1.29, 1.82) is 0 Å². The first-order valence-corrected chi connectivity index (χ1v) is 11.8. The fourth-order valence-corrected chi connectivity index (χ4v) is 4.57. The maximum atomic E-state index is 13.5. The van der Waals surface area contributed by atoms with Gasteiger partial charge in [0.1, 0.15) is 23.0 Å². The molecule has 3 aromatic carbocycles. The topological polar surface area (TPSA) is 114 Å². The third kappa shape index (κ3) is 4.88. The van der Waals surface area contributed by atoms with Gasteiger partial charge in [0, 0.05) is 24.4 Å². The number of Topliss-reactive ketones (excluding diaryl/α,β-unsaturated/α-hetero) is 1. The average molecular weight is 537 g/mol. The average Bonchev–Trinajstić information content (AvgIpc) is 3.18. The van der Waals surface area contributed by atoms with Crippen LogP contribution in [-0.2, 0) is 14.4 Å². The van der Waals surface area contributed by atoms with Crippen molar-refractivity contribution in [3.8, 4) is 17.2 Å². The molecule has 0 saturated carbocycles. The maximum absolute atomic E-state index is 13.5. The molecule has 10 heteroatoms. The van der Waals surface area contributed by atoms with Gasteiger partial charge in [-0.05, 0) is 48.0 Å². The molecule has 0 spiro atoms. The Labute approximate surface area is 224 Å². The number of rotatable bonds is 7. The van der Waals surface area contributed by atoms with Crippen LogP contribution in [-0.4, -0.2) is 44.0 Å². The number of hydrogen-bond donors (Lipinski definition) is 2. The number of aliphatic hydroxyl groups excluding tert-OH is 1. The SMILES string of the molecule is COc1cccc(C2/C(=C(\O)c3cc(Cl)c(OC)cc3OC)C(=O)C(=O)N2c2ccc(NC(C)=O)cc2)c1. The van der Waals surface area contributed by atoms with E-state index < -0.39 is 23.5 Å². The maximum Gasteiger partial charge on any atom is 0.300 e. The van der Waals surface area contributed by atoms with E-state index in [1.165, 1.54) is 45.3 Å². The predicted molar refractivity (Wildman–Crippen MR) is 143 cm³/mol. The van der Waals surface area contributed by atoms with Gasteiger partial charge in [-0.3, -0.25) is 19.3 Å². The Morgan fingerprint density at radius 3 is 2.24 bits per heavy atom. The molecule has 1 heterocycles. The molecular weight excluding hydrogens is 512 g/mol. The highest BCUT2D eigenvalue weighted by Gasteiger charge is 2.47. The number of amides is 2. The van der Waals surface area contributed by atoms with E-state index in [0.29, 0.717) is 28.4 Å². The van der Waals surface area contributed by atoms with Crippen LogP contribution >= 0.6 is 11.6 Å². The summed E-state index contributed by atoms with van der Waals surface area (Å²) in [7, 11) is 4.33. The standard InChI is InChI=1S/C28H25ClN2O7/c1-15(32)30-17-8-10-18(11-9-17)31-25(16-6-5-7-19(12-16)36-2)24(27(34)28(31)35)26(33)20-13-21(29)23(38-4)14-22(20)37-3/h5-14,25,33H,1-4H3,(H,30,32)/b26-24+. The van der Waals surface area contributed by atoms with Gasteiger partial charge in [-0.2, -0.15) is 0 Å². The second kappa shape index (κ2) is 10.9. The molecular formula is C28H25ClN2O7. The van der Waals surface area contributed by atoms with E-state index in [1.807, 2.05) is 0 Å². The number of nitrogens with one attached hydrogen (secondary N) is 1. The van der Waals surface area contributed by atoms with Crippen LogP contribution in [0.2, 0.25) is 5.02 Å². The molecule has 0 bridgehead atoms. The molecule has 1 atom stereocenters. The summed E-state index contributed by atoms with van der Waals surface area (Å²) in [6, 6.07) is 15.2. The van der Waals surface area contributed by atoms with Gasteiger partial charge < -0.3 is 24.6 Å². The molecule has 9 nitrogen and oxygen atoms in total. The normalized spacial score (nSPS) is 16.3. The van der Waals surface area contributed by atoms with E-state index >= 15 is 0 Å². The van der Waals surface area contributed by atoms with Gasteiger partial charge in [0.05, 0.1) is 43.5 Å². The molecule has 2 N–H and O–H groups in total. The van der Waals surface area contributed by atoms with E-state index in [-0.39, 0.29) is 27.8 Å². The quantitative estimate of drug-likeness (QED) is 0.249. The molecule has 196 valence electrons. The van der Waals surface area contributed by atoms with Crippen LogP contribution in [0, 0.1) is 0 Å². The molecule has 38 heavy (non-hydrogen) atoms. The molecule has 0 aliphatic carbocycles. The highest BCUT2D eigenvalue weighted by molar-refractivity contribution is 6.51. The number of hydrogen-bond acceptors (Lipinski definition) is 7. The largest absolute Gasteiger partial charge is 0.507 e. The third-order valence-electron chi connectivity index (χ3n) is 6.05. The molecule has 1 fully saturated rings. The number of halogens is 1. The number of carbonyl (C=O) groups excluding carboxylic acids is 3. The van der Waals surface area contributed by atoms with Gasteiger partial charge in [-0.1, -0.05) is 23.7 Å². The van der Waals surface area contributed by atoms with Crippen LogP contribution in [0.5, 0.6) is 17.2 Å². The van der Waals surface area contributed by atoms with E-state index in [1.54, 1.807) is 48.5 Å². The van der Waals surface area contributed by atoms with Crippen molar-refractivity contribution in [2.24, 2.45) is 0 Å². The predicted octanol–water partition coefficient (Wildman–Crippen LogP) is 4.95. The van der Waals surface area contributed by atoms with E-state index in [2.05, 4.69) is 5.32 Å². The summed E-state index contributed by atoms with van der Waals surface area (Å²) in [6.45, 7) is 1.38. The Morgan fingerprint density at radius 1 is 0.947 bits per heavy atom. The summed E-state index contributed by atoms with van der Waals surface area (Å²) in [4.78, 5) is 39.6. The first-order valence-electron chi connectivity index (χ1n) is 11.4. The van der Waals surface area contributed by atoms with Crippen LogP contribution in [0.4, 0.5) is 11.4 Å². The van der Waals surface area contributed by atoms with Crippen molar-refractivity contribution in [3.63, 3.8) is 0 Å². The number of anilines is 2. The zero-order valence-corrected chi connectivity index (χ0v) is 21.8. The van der Waals surface area contributed by atoms with Crippen LogP contribution in [0.1, 0.15) is 24.1 Å². The van der Waals surface area contributed by atoms with Crippen molar-refractivity contribution in [2.75, 3.05) is 31.5 Å². The van der Waals surface area contributed by atoms with Gasteiger partial charge in [0.25, 0.3) is 11.7 Å². The molecule has 4 rings (SSSR count). The summed E-state index contributed by atoms with van der Waals surface area (Å²) in [5.74, 6) is -1.45. The highest BCUT2D eigenvalue weighted by atomic mass is 35.5. The lowest BCUT2D eigenvalue weighted by Gasteiger charge is -2.26. The molecule has 1 saturated heterocycles. The molecule has 0 radical (unpaired) electrons. The molecule has 1 aliphatic heterocycles. The second-order valence-electron chi connectivity index (χ2n) is 8.36. The number of ether oxygens (including phenoxy) is 3. The third-order valence-corrected chi connectivity index (χ3v) is 6.34. The number of carbonyl (C=O) groups is 3. The lowest BCUT2D eigenvalue weighted by Crippen LogP contribution is -2.29. The molecule has 0 aromatic heterocycles.